The van der Waals surface area contributed by atoms with Gasteiger partial charge in [0.15, 0.2) is 0 Å². The van der Waals surface area contributed by atoms with Gasteiger partial charge in [-0.05, 0) is 19.1 Å². The van der Waals surface area contributed by atoms with Crippen LogP contribution in [0.1, 0.15) is 6.92 Å². The number of aromatic nitrogens is 1. The molecule has 0 unspecified atom stereocenters. The van der Waals surface area contributed by atoms with Gasteiger partial charge in [0.2, 0.25) is 0 Å². The van der Waals surface area contributed by atoms with Crippen molar-refractivity contribution in [2.75, 3.05) is 0 Å². The summed E-state index contributed by atoms with van der Waals surface area (Å²) in [6.45, 7) is 1.74. The Kier molecular flexibility index (Phi) is 5.12. The maximum Gasteiger partial charge on any atom is 0.269 e. The molecule has 134 valence electrons. The molecule has 3 rings (SSSR count). The summed E-state index contributed by atoms with van der Waals surface area (Å²) in [6, 6.07) is 9.07. The smallest absolute Gasteiger partial charge is 0.269 e. The summed E-state index contributed by atoms with van der Waals surface area (Å²) < 4.78 is 43.4. The third-order valence-corrected chi connectivity index (χ3v) is 4.57. The molecule has 0 saturated carbocycles. The summed E-state index contributed by atoms with van der Waals surface area (Å²) in [5, 5.41) is 0.197. The Balaban J connectivity index is 2.51. The number of nitrogens with zero attached hydrogens (tertiary/aromatic N) is 1. The van der Waals surface area contributed by atoms with E-state index in [0.717, 1.165) is 4.57 Å². The van der Waals surface area contributed by atoms with Crippen LogP contribution in [0.5, 0.6) is 0 Å². The van der Waals surface area contributed by atoms with Crippen molar-refractivity contribution in [1.29, 1.82) is 0 Å². The van der Waals surface area contributed by atoms with Crippen LogP contribution >= 0.6 is 23.2 Å². The molecular formula is C19H12Cl2F3NO. The average molecular weight is 398 g/mol. The van der Waals surface area contributed by atoms with Crippen molar-refractivity contribution in [1.82, 2.24) is 4.57 Å². The monoisotopic (exact) mass is 397 g/mol. The number of benzene rings is 2. The highest BCUT2D eigenvalue weighted by Gasteiger charge is 2.23. The predicted octanol–water partition coefficient (Wildman–Crippen LogP) is 5.93. The molecule has 0 spiro atoms. The van der Waals surface area contributed by atoms with Crippen molar-refractivity contribution in [3.05, 3.63) is 80.3 Å². The van der Waals surface area contributed by atoms with Gasteiger partial charge in [-0.15, -0.1) is 0 Å². The predicted molar refractivity (Wildman–Crippen MR) is 97.1 cm³/mol. The van der Waals surface area contributed by atoms with Gasteiger partial charge in [0.05, 0.1) is 11.3 Å². The summed E-state index contributed by atoms with van der Waals surface area (Å²) in [4.78, 5) is 12.4. The Morgan fingerprint density at radius 3 is 2.12 bits per heavy atom. The van der Waals surface area contributed by atoms with Crippen LogP contribution < -0.4 is 5.56 Å². The van der Waals surface area contributed by atoms with Crippen molar-refractivity contribution >= 4 is 23.2 Å². The molecule has 0 N–H and O–H groups in total. The van der Waals surface area contributed by atoms with Gasteiger partial charge in [-0.3, -0.25) is 4.79 Å². The van der Waals surface area contributed by atoms with E-state index in [1.54, 1.807) is 31.2 Å². The largest absolute Gasteiger partial charge is 0.306 e. The molecule has 0 bridgehead atoms. The molecule has 2 nitrogen and oxygen atoms in total. The quantitative estimate of drug-likeness (QED) is 0.536. The Bertz CT molecular complexity index is 1040. The summed E-state index contributed by atoms with van der Waals surface area (Å²) in [7, 11) is 0. The molecule has 2 aromatic carbocycles. The molecule has 0 saturated heterocycles. The molecule has 0 fully saturated rings. The normalized spacial score (nSPS) is 11.0. The lowest BCUT2D eigenvalue weighted by Crippen LogP contribution is -2.23. The van der Waals surface area contributed by atoms with E-state index in [0.29, 0.717) is 22.7 Å². The van der Waals surface area contributed by atoms with Crippen molar-refractivity contribution in [2.45, 2.75) is 13.5 Å². The number of halogens is 5. The fourth-order valence-corrected chi connectivity index (χ4v) is 3.31. The Hall–Kier alpha value is -2.24. The molecule has 7 heteroatoms. The highest BCUT2D eigenvalue weighted by molar-refractivity contribution is 6.34. The van der Waals surface area contributed by atoms with Crippen LogP contribution in [0.25, 0.3) is 22.4 Å². The third-order valence-electron chi connectivity index (χ3n) is 3.97. The summed E-state index contributed by atoms with van der Waals surface area (Å²) in [5.74, 6) is -3.30. The molecule has 3 aromatic rings. The van der Waals surface area contributed by atoms with Crippen LogP contribution in [0.4, 0.5) is 13.2 Å². The van der Waals surface area contributed by atoms with Crippen molar-refractivity contribution < 1.29 is 13.2 Å². The molecule has 0 aliphatic heterocycles. The minimum atomic E-state index is -1.13. The van der Waals surface area contributed by atoms with Crippen LogP contribution in [0.15, 0.2) is 47.3 Å². The molecule has 1 aromatic heterocycles. The zero-order valence-electron chi connectivity index (χ0n) is 13.5. The number of pyridine rings is 1. The molecule has 0 atom stereocenters. The van der Waals surface area contributed by atoms with Crippen molar-refractivity contribution in [2.24, 2.45) is 0 Å². The lowest BCUT2D eigenvalue weighted by Gasteiger charge is -2.19. The SMILES string of the molecule is CCn1c(-c2c(F)cc(F)cc2F)c(-c2ccccc2Cl)cc(Cl)c1=O. The number of rotatable bonds is 3. The first-order valence-corrected chi connectivity index (χ1v) is 8.43. The van der Waals surface area contributed by atoms with E-state index in [1.807, 2.05) is 0 Å². The minimum absolute atomic E-state index is 0.0509. The Labute approximate surface area is 157 Å². The fourth-order valence-electron chi connectivity index (χ4n) is 2.86. The number of hydrogen-bond donors (Lipinski definition) is 0. The second-order valence-corrected chi connectivity index (χ2v) is 6.34. The second kappa shape index (κ2) is 7.17. The van der Waals surface area contributed by atoms with Crippen molar-refractivity contribution in [3.63, 3.8) is 0 Å². The molecule has 1 heterocycles. The van der Waals surface area contributed by atoms with E-state index in [2.05, 4.69) is 0 Å². The third kappa shape index (κ3) is 3.13. The van der Waals surface area contributed by atoms with Crippen LogP contribution in [-0.4, -0.2) is 4.57 Å². The summed E-state index contributed by atoms with van der Waals surface area (Å²) >= 11 is 12.3. The Morgan fingerprint density at radius 2 is 1.54 bits per heavy atom. The first-order valence-electron chi connectivity index (χ1n) is 7.68. The first kappa shape index (κ1) is 18.5. The van der Waals surface area contributed by atoms with Crippen LogP contribution in [0.2, 0.25) is 10.0 Å². The zero-order valence-corrected chi connectivity index (χ0v) is 15.0. The number of hydrogen-bond acceptors (Lipinski definition) is 1. The van der Waals surface area contributed by atoms with Crippen molar-refractivity contribution in [3.8, 4) is 22.4 Å². The topological polar surface area (TPSA) is 22.0 Å². The van der Waals surface area contributed by atoms with Gasteiger partial charge >= 0.3 is 0 Å². The molecule has 26 heavy (non-hydrogen) atoms. The van der Waals surface area contributed by atoms with Crippen LogP contribution in [0.3, 0.4) is 0 Å². The van der Waals surface area contributed by atoms with E-state index >= 15 is 0 Å². The molecule has 0 aliphatic rings. The van der Waals surface area contributed by atoms with Crippen LogP contribution in [0, 0.1) is 17.5 Å². The first-order chi connectivity index (χ1) is 12.3. The van der Waals surface area contributed by atoms with E-state index in [1.165, 1.54) is 6.07 Å². The van der Waals surface area contributed by atoms with Gasteiger partial charge in [-0.1, -0.05) is 41.4 Å². The van der Waals surface area contributed by atoms with Gasteiger partial charge in [-0.25, -0.2) is 13.2 Å². The molecular weight excluding hydrogens is 386 g/mol. The van der Waals surface area contributed by atoms with Gasteiger partial charge in [0.25, 0.3) is 5.56 Å². The minimum Gasteiger partial charge on any atom is -0.306 e. The highest BCUT2D eigenvalue weighted by atomic mass is 35.5. The van der Waals surface area contributed by atoms with Gasteiger partial charge in [0.1, 0.15) is 22.5 Å². The highest BCUT2D eigenvalue weighted by Crippen LogP contribution is 2.38. The average Bonchev–Trinajstić information content (AvgIpc) is 2.58. The van der Waals surface area contributed by atoms with E-state index in [4.69, 9.17) is 23.2 Å². The van der Waals surface area contributed by atoms with Gasteiger partial charge in [0, 0.05) is 34.8 Å². The summed E-state index contributed by atoms with van der Waals surface area (Å²) in [6.07, 6.45) is 0. The lowest BCUT2D eigenvalue weighted by molar-refractivity contribution is 0.545. The van der Waals surface area contributed by atoms with Gasteiger partial charge < -0.3 is 4.57 Å². The lowest BCUT2D eigenvalue weighted by atomic mass is 9.97. The molecule has 0 radical (unpaired) electrons. The molecule has 0 aliphatic carbocycles. The zero-order chi connectivity index (χ0) is 19.0. The Morgan fingerprint density at radius 1 is 0.923 bits per heavy atom. The second-order valence-electron chi connectivity index (χ2n) is 5.53. The summed E-state index contributed by atoms with van der Waals surface area (Å²) in [5.41, 5.74) is -0.465. The molecule has 0 amide bonds. The van der Waals surface area contributed by atoms with E-state index in [-0.39, 0.29) is 22.8 Å². The maximum atomic E-state index is 14.5. The maximum absolute atomic E-state index is 14.5. The van der Waals surface area contributed by atoms with Crippen LogP contribution in [-0.2, 0) is 6.54 Å². The van der Waals surface area contributed by atoms with Gasteiger partial charge in [-0.2, -0.15) is 0 Å². The fraction of sp³-hybridized carbons (Fsp3) is 0.105. The standard InChI is InChI=1S/C19H12Cl2F3NO/c1-2-25-18(17-15(23)7-10(22)8-16(17)24)12(9-14(21)19(25)26)11-5-3-4-6-13(11)20/h3-9H,2H2,1H3. The van der Waals surface area contributed by atoms with E-state index < -0.39 is 28.6 Å². The van der Waals surface area contributed by atoms with E-state index in [9.17, 15) is 18.0 Å².